The van der Waals surface area contributed by atoms with E-state index in [2.05, 4.69) is 33.5 Å². The zero-order chi connectivity index (χ0) is 18.4. The Balaban J connectivity index is 2.17. The minimum Gasteiger partial charge on any atom is -0.406 e. The van der Waals surface area contributed by atoms with E-state index in [0.29, 0.717) is 22.2 Å². The van der Waals surface area contributed by atoms with E-state index in [1.54, 1.807) is 0 Å². The molecule has 0 saturated heterocycles. The van der Waals surface area contributed by atoms with Crippen molar-refractivity contribution in [3.63, 3.8) is 0 Å². The fourth-order valence-corrected chi connectivity index (χ4v) is 3.38. The monoisotopic (exact) mass is 373 g/mol. The summed E-state index contributed by atoms with van der Waals surface area (Å²) in [5.41, 5.74) is 0.620. The molecule has 138 valence electrons. The van der Waals surface area contributed by atoms with Crippen molar-refractivity contribution in [3.8, 4) is 5.75 Å². The fraction of sp³-hybridized carbons (Fsp3) is 0.529. The van der Waals surface area contributed by atoms with Gasteiger partial charge in [0.25, 0.3) is 0 Å². The highest BCUT2D eigenvalue weighted by molar-refractivity contribution is 8.00. The number of alkyl halides is 3. The van der Waals surface area contributed by atoms with Crippen molar-refractivity contribution in [2.24, 2.45) is 9.98 Å². The van der Waals surface area contributed by atoms with Gasteiger partial charge in [-0.25, -0.2) is 9.98 Å². The van der Waals surface area contributed by atoms with Crippen LogP contribution in [0.3, 0.4) is 0 Å². The van der Waals surface area contributed by atoms with Crippen molar-refractivity contribution in [2.45, 2.75) is 44.9 Å². The molecule has 1 aliphatic rings. The van der Waals surface area contributed by atoms with Gasteiger partial charge in [0.2, 0.25) is 0 Å². The number of amidine groups is 2. The molecule has 2 rings (SSSR count). The number of halogens is 3. The van der Waals surface area contributed by atoms with E-state index in [1.165, 1.54) is 30.0 Å². The van der Waals surface area contributed by atoms with Crippen LogP contribution in [-0.2, 0) is 0 Å². The van der Waals surface area contributed by atoms with E-state index in [0.717, 1.165) is 31.8 Å². The van der Waals surface area contributed by atoms with Gasteiger partial charge in [-0.15, -0.1) is 24.9 Å². The van der Waals surface area contributed by atoms with Gasteiger partial charge >= 0.3 is 6.36 Å². The maximum atomic E-state index is 12.3. The van der Waals surface area contributed by atoms with Crippen LogP contribution in [-0.4, -0.2) is 41.8 Å². The Hall–Kier alpha value is -1.70. The average molecular weight is 373 g/mol. The molecule has 4 nitrogen and oxygen atoms in total. The standard InChI is InChI=1S/C17H22F3N3OS/c1-4-8-23(9-5-2)12(3)21-16-11-25-15-10-13(24-17(18,19)20)6-7-14(15)22-16/h6-7,10H,4-5,8-9,11H2,1-3H3. The molecule has 0 N–H and O–H groups in total. The Labute approximate surface area is 150 Å². The molecule has 1 aliphatic heterocycles. The second-order valence-corrected chi connectivity index (χ2v) is 6.66. The first-order chi connectivity index (χ1) is 11.8. The molecule has 1 aromatic rings. The number of nitrogens with zero attached hydrogens (tertiary/aromatic N) is 3. The molecule has 0 saturated carbocycles. The van der Waals surface area contributed by atoms with Crippen LogP contribution in [0.5, 0.6) is 5.75 Å². The fourth-order valence-electron chi connectivity index (χ4n) is 2.50. The van der Waals surface area contributed by atoms with Crippen LogP contribution >= 0.6 is 11.8 Å². The summed E-state index contributed by atoms with van der Waals surface area (Å²) in [5, 5.41) is 0. The minimum absolute atomic E-state index is 0.228. The molecule has 0 amide bonds. The highest BCUT2D eigenvalue weighted by Crippen LogP contribution is 2.38. The molecule has 0 fully saturated rings. The summed E-state index contributed by atoms with van der Waals surface area (Å²) >= 11 is 1.41. The molecule has 0 aromatic heterocycles. The minimum atomic E-state index is -4.69. The summed E-state index contributed by atoms with van der Waals surface area (Å²) in [6.07, 6.45) is -2.61. The van der Waals surface area contributed by atoms with Crippen LogP contribution in [0.4, 0.5) is 18.9 Å². The van der Waals surface area contributed by atoms with Gasteiger partial charge in [0, 0.05) is 18.0 Å². The van der Waals surface area contributed by atoms with Crippen LogP contribution < -0.4 is 4.74 Å². The number of hydrogen-bond donors (Lipinski definition) is 0. The number of benzene rings is 1. The first-order valence-electron chi connectivity index (χ1n) is 8.22. The number of thioether (sulfide) groups is 1. The molecule has 0 radical (unpaired) electrons. The third-order valence-electron chi connectivity index (χ3n) is 3.51. The summed E-state index contributed by atoms with van der Waals surface area (Å²) in [6, 6.07) is 4.17. The van der Waals surface area contributed by atoms with Crippen molar-refractivity contribution in [1.29, 1.82) is 0 Å². The second-order valence-electron chi connectivity index (χ2n) is 5.64. The lowest BCUT2D eigenvalue weighted by molar-refractivity contribution is -0.274. The molecule has 0 spiro atoms. The van der Waals surface area contributed by atoms with E-state index < -0.39 is 6.36 Å². The molecular weight excluding hydrogens is 351 g/mol. The zero-order valence-electron chi connectivity index (χ0n) is 14.6. The summed E-state index contributed by atoms with van der Waals surface area (Å²) < 4.78 is 40.9. The normalized spacial score (nSPS) is 14.8. The molecule has 1 aromatic carbocycles. The maximum Gasteiger partial charge on any atom is 0.573 e. The predicted molar refractivity (Wildman–Crippen MR) is 96.2 cm³/mol. The van der Waals surface area contributed by atoms with Gasteiger partial charge in [-0.05, 0) is 38.0 Å². The van der Waals surface area contributed by atoms with Crippen molar-refractivity contribution < 1.29 is 17.9 Å². The zero-order valence-corrected chi connectivity index (χ0v) is 15.4. The van der Waals surface area contributed by atoms with Crippen LogP contribution in [0.25, 0.3) is 0 Å². The summed E-state index contributed by atoms with van der Waals surface area (Å²) in [4.78, 5) is 12.0. The lowest BCUT2D eigenvalue weighted by atomic mass is 10.3. The van der Waals surface area contributed by atoms with Gasteiger partial charge in [-0.1, -0.05) is 13.8 Å². The largest absolute Gasteiger partial charge is 0.573 e. The topological polar surface area (TPSA) is 37.2 Å². The van der Waals surface area contributed by atoms with Gasteiger partial charge in [0.1, 0.15) is 17.4 Å². The van der Waals surface area contributed by atoms with Gasteiger partial charge in [0.05, 0.1) is 11.4 Å². The van der Waals surface area contributed by atoms with E-state index in [1.807, 2.05) is 6.92 Å². The second kappa shape index (κ2) is 8.60. The van der Waals surface area contributed by atoms with Crippen LogP contribution in [0.2, 0.25) is 0 Å². The Morgan fingerprint density at radius 2 is 1.96 bits per heavy atom. The predicted octanol–water partition coefficient (Wildman–Crippen LogP) is 5.26. The molecule has 0 aliphatic carbocycles. The summed E-state index contributed by atoms with van der Waals surface area (Å²) in [6.45, 7) is 8.10. The first-order valence-corrected chi connectivity index (χ1v) is 9.21. The van der Waals surface area contributed by atoms with Crippen LogP contribution in [0.15, 0.2) is 33.1 Å². The lowest BCUT2D eigenvalue weighted by Gasteiger charge is -2.23. The van der Waals surface area contributed by atoms with Gasteiger partial charge in [0.15, 0.2) is 0 Å². The Kier molecular flexibility index (Phi) is 6.75. The Bertz CT molecular complexity index is 653. The van der Waals surface area contributed by atoms with Crippen LogP contribution in [0.1, 0.15) is 33.6 Å². The molecule has 0 bridgehead atoms. The number of rotatable bonds is 5. The highest BCUT2D eigenvalue weighted by Gasteiger charge is 2.31. The number of ether oxygens (including phenoxy) is 1. The van der Waals surface area contributed by atoms with E-state index in [9.17, 15) is 13.2 Å². The first kappa shape index (κ1) is 19.6. The Morgan fingerprint density at radius 3 is 2.56 bits per heavy atom. The van der Waals surface area contributed by atoms with Crippen molar-refractivity contribution in [1.82, 2.24) is 4.90 Å². The van der Waals surface area contributed by atoms with E-state index in [-0.39, 0.29) is 5.75 Å². The number of hydrogen-bond acceptors (Lipinski definition) is 4. The van der Waals surface area contributed by atoms with Crippen molar-refractivity contribution in [3.05, 3.63) is 18.2 Å². The SMILES string of the molecule is CCCN(CCC)C(C)=NC1=Nc2ccc(OC(F)(F)F)cc2SC1. The third-order valence-corrected chi connectivity index (χ3v) is 4.55. The number of aliphatic imine (C=N–C) groups is 2. The van der Waals surface area contributed by atoms with Crippen LogP contribution in [0, 0.1) is 0 Å². The smallest absolute Gasteiger partial charge is 0.406 e. The molecule has 8 heteroatoms. The summed E-state index contributed by atoms with van der Waals surface area (Å²) in [7, 11) is 0. The quantitative estimate of drug-likeness (QED) is 0.522. The average Bonchev–Trinajstić information content (AvgIpc) is 2.53. The lowest BCUT2D eigenvalue weighted by Crippen LogP contribution is -2.31. The van der Waals surface area contributed by atoms with E-state index >= 15 is 0 Å². The summed E-state index contributed by atoms with van der Waals surface area (Å²) in [5.74, 6) is 1.89. The Morgan fingerprint density at radius 1 is 1.28 bits per heavy atom. The van der Waals surface area contributed by atoms with E-state index in [4.69, 9.17) is 0 Å². The maximum absolute atomic E-state index is 12.3. The molecule has 25 heavy (non-hydrogen) atoms. The molecule has 1 heterocycles. The van der Waals surface area contributed by atoms with Gasteiger partial charge < -0.3 is 9.64 Å². The van der Waals surface area contributed by atoms with Gasteiger partial charge in [-0.3, -0.25) is 0 Å². The number of fused-ring (bicyclic) bond motifs is 1. The van der Waals surface area contributed by atoms with Crippen molar-refractivity contribution >= 4 is 29.1 Å². The highest BCUT2D eigenvalue weighted by atomic mass is 32.2. The molecule has 0 atom stereocenters. The molecular formula is C17H22F3N3OS. The molecule has 0 unspecified atom stereocenters. The van der Waals surface area contributed by atoms with Gasteiger partial charge in [-0.2, -0.15) is 0 Å². The van der Waals surface area contributed by atoms with Crippen molar-refractivity contribution in [2.75, 3.05) is 18.8 Å². The third kappa shape index (κ3) is 5.95.